The Morgan fingerprint density at radius 1 is 1.35 bits per heavy atom. The summed E-state index contributed by atoms with van der Waals surface area (Å²) in [7, 11) is 0. The maximum atomic E-state index is 11.6. The molecule has 1 aromatic heterocycles. The summed E-state index contributed by atoms with van der Waals surface area (Å²) in [4.78, 5) is 18.9. The summed E-state index contributed by atoms with van der Waals surface area (Å²) in [5, 5.41) is 6.14. The van der Waals surface area contributed by atoms with Crippen molar-refractivity contribution in [1.29, 1.82) is 0 Å². The van der Waals surface area contributed by atoms with E-state index in [1.807, 2.05) is 41.5 Å². The lowest BCUT2D eigenvalue weighted by Gasteiger charge is -2.27. The molecule has 0 unspecified atom stereocenters. The first-order valence-electron chi connectivity index (χ1n) is 6.80. The van der Waals surface area contributed by atoms with Crippen LogP contribution >= 0.6 is 0 Å². The van der Waals surface area contributed by atoms with Gasteiger partial charge in [-0.3, -0.25) is 0 Å². The predicted octanol–water partition coefficient (Wildman–Crippen LogP) is 2.11. The molecule has 6 nitrogen and oxygen atoms in total. The number of nitrogens with one attached hydrogen (secondary N) is 3. The molecule has 1 amide bonds. The molecule has 0 aliphatic carbocycles. The predicted molar refractivity (Wildman–Crippen MR) is 78.5 cm³/mol. The largest absolute Gasteiger partial charge is 0.444 e. The molecule has 20 heavy (non-hydrogen) atoms. The van der Waals surface area contributed by atoms with Gasteiger partial charge in [-0.1, -0.05) is 0 Å². The average molecular weight is 282 g/mol. The van der Waals surface area contributed by atoms with E-state index in [4.69, 9.17) is 4.74 Å². The van der Waals surface area contributed by atoms with Gasteiger partial charge in [0.2, 0.25) is 0 Å². The lowest BCUT2D eigenvalue weighted by atomic mass is 10.1. The van der Waals surface area contributed by atoms with Gasteiger partial charge in [0.15, 0.2) is 0 Å². The molecule has 0 fully saturated rings. The Labute approximate surface area is 120 Å². The Hall–Kier alpha value is -1.56. The van der Waals surface area contributed by atoms with Gasteiger partial charge in [-0.25, -0.2) is 9.78 Å². The fourth-order valence-corrected chi connectivity index (χ4v) is 1.56. The van der Waals surface area contributed by atoms with Crippen molar-refractivity contribution in [2.45, 2.75) is 59.2 Å². The maximum absolute atomic E-state index is 11.6. The summed E-state index contributed by atoms with van der Waals surface area (Å²) < 4.78 is 5.21. The van der Waals surface area contributed by atoms with Gasteiger partial charge in [0, 0.05) is 24.3 Å². The minimum atomic E-state index is -0.478. The van der Waals surface area contributed by atoms with E-state index in [0.717, 1.165) is 11.4 Å². The van der Waals surface area contributed by atoms with Crippen molar-refractivity contribution in [1.82, 2.24) is 20.6 Å². The van der Waals surface area contributed by atoms with E-state index in [1.165, 1.54) is 0 Å². The number of hydrogen-bond donors (Lipinski definition) is 3. The monoisotopic (exact) mass is 282 g/mol. The highest BCUT2D eigenvalue weighted by Gasteiger charge is 2.21. The van der Waals surface area contributed by atoms with Crippen molar-refractivity contribution >= 4 is 6.09 Å². The van der Waals surface area contributed by atoms with Crippen molar-refractivity contribution in [2.75, 3.05) is 6.54 Å². The van der Waals surface area contributed by atoms with Crippen molar-refractivity contribution in [2.24, 2.45) is 0 Å². The molecule has 0 saturated heterocycles. The first-order chi connectivity index (χ1) is 9.09. The van der Waals surface area contributed by atoms with Crippen LogP contribution in [0.2, 0.25) is 0 Å². The van der Waals surface area contributed by atoms with Crippen molar-refractivity contribution < 1.29 is 9.53 Å². The van der Waals surface area contributed by atoms with E-state index >= 15 is 0 Å². The summed E-state index contributed by atoms with van der Waals surface area (Å²) in [6, 6.07) is 0. The number of ether oxygens (including phenoxy) is 1. The van der Waals surface area contributed by atoms with Gasteiger partial charge in [-0.2, -0.15) is 0 Å². The Morgan fingerprint density at radius 3 is 2.50 bits per heavy atom. The molecule has 0 atom stereocenters. The molecule has 0 bridgehead atoms. The minimum Gasteiger partial charge on any atom is -0.444 e. The van der Waals surface area contributed by atoms with E-state index in [2.05, 4.69) is 20.6 Å². The fourth-order valence-electron chi connectivity index (χ4n) is 1.56. The molecule has 0 radical (unpaired) electrons. The number of rotatable bonds is 5. The van der Waals surface area contributed by atoms with Gasteiger partial charge < -0.3 is 20.4 Å². The average Bonchev–Trinajstić information content (AvgIpc) is 2.68. The van der Waals surface area contributed by atoms with Crippen LogP contribution in [0.25, 0.3) is 0 Å². The summed E-state index contributed by atoms with van der Waals surface area (Å²) in [6.07, 6.45) is 1.28. The van der Waals surface area contributed by atoms with Crippen LogP contribution in [0.3, 0.4) is 0 Å². The second-order valence-corrected chi connectivity index (χ2v) is 6.57. The second kappa shape index (κ2) is 6.26. The highest BCUT2D eigenvalue weighted by molar-refractivity contribution is 5.67. The summed E-state index contributed by atoms with van der Waals surface area (Å²) >= 11 is 0. The van der Waals surface area contributed by atoms with Crippen LogP contribution in [0.15, 0.2) is 6.33 Å². The Bertz CT molecular complexity index is 446. The Morgan fingerprint density at radius 2 is 2.00 bits per heavy atom. The smallest absolute Gasteiger partial charge is 0.407 e. The molecule has 0 aliphatic heterocycles. The van der Waals surface area contributed by atoms with E-state index in [1.54, 1.807) is 6.33 Å². The molecule has 6 heteroatoms. The van der Waals surface area contributed by atoms with E-state index in [9.17, 15) is 4.79 Å². The first-order valence-corrected chi connectivity index (χ1v) is 6.80. The summed E-state index contributed by atoms with van der Waals surface area (Å²) in [5.41, 5.74) is 1.31. The second-order valence-electron chi connectivity index (χ2n) is 6.57. The molecule has 0 aliphatic rings. The topological polar surface area (TPSA) is 79.0 Å². The van der Waals surface area contributed by atoms with Gasteiger partial charge in [-0.05, 0) is 41.5 Å². The number of hydrogen-bond acceptors (Lipinski definition) is 4. The van der Waals surface area contributed by atoms with Crippen LogP contribution in [0, 0.1) is 6.92 Å². The van der Waals surface area contributed by atoms with Crippen LogP contribution in [-0.2, 0) is 11.3 Å². The summed E-state index contributed by atoms with van der Waals surface area (Å²) in [6.45, 7) is 12.7. The first kappa shape index (κ1) is 16.5. The van der Waals surface area contributed by atoms with Crippen molar-refractivity contribution in [3.63, 3.8) is 0 Å². The molecule has 1 heterocycles. The molecule has 0 saturated carbocycles. The van der Waals surface area contributed by atoms with Crippen molar-refractivity contribution in [3.8, 4) is 0 Å². The lowest BCUT2D eigenvalue weighted by Crippen LogP contribution is -2.49. The Balaban J connectivity index is 2.38. The number of aromatic amines is 1. The molecule has 3 N–H and O–H groups in total. The number of H-pyrrole nitrogens is 1. The highest BCUT2D eigenvalue weighted by atomic mass is 16.6. The van der Waals surface area contributed by atoms with E-state index in [0.29, 0.717) is 13.1 Å². The van der Waals surface area contributed by atoms with Crippen LogP contribution in [-0.4, -0.2) is 33.7 Å². The number of aromatic nitrogens is 2. The van der Waals surface area contributed by atoms with Gasteiger partial charge >= 0.3 is 6.09 Å². The van der Waals surface area contributed by atoms with E-state index in [-0.39, 0.29) is 5.54 Å². The van der Waals surface area contributed by atoms with Gasteiger partial charge in [0.1, 0.15) is 5.60 Å². The molecule has 1 aromatic rings. The third-order valence-electron chi connectivity index (χ3n) is 2.74. The molecule has 1 rings (SSSR count). The fraction of sp³-hybridized carbons (Fsp3) is 0.714. The van der Waals surface area contributed by atoms with E-state index < -0.39 is 11.7 Å². The molecule has 0 aromatic carbocycles. The van der Waals surface area contributed by atoms with Crippen LogP contribution in [0.4, 0.5) is 4.79 Å². The number of imidazole rings is 1. The highest BCUT2D eigenvalue weighted by Crippen LogP contribution is 2.08. The standard InChI is InChI=1S/C14H26N4O2/c1-10-11(17-9-16-10)7-18-14(5,6)8-15-12(19)20-13(2,3)4/h9,18H,7-8H2,1-6H3,(H,15,19)(H,16,17). The number of nitrogens with zero attached hydrogens (tertiary/aromatic N) is 1. The quantitative estimate of drug-likeness (QED) is 0.773. The van der Waals surface area contributed by atoms with Crippen LogP contribution < -0.4 is 10.6 Å². The third kappa shape index (κ3) is 6.06. The number of carbonyl (C=O) groups is 1. The van der Waals surface area contributed by atoms with Crippen LogP contribution in [0.5, 0.6) is 0 Å². The van der Waals surface area contributed by atoms with Gasteiger partial charge in [-0.15, -0.1) is 0 Å². The molecule has 0 spiro atoms. The van der Waals surface area contributed by atoms with Gasteiger partial charge in [0.25, 0.3) is 0 Å². The third-order valence-corrected chi connectivity index (χ3v) is 2.74. The summed E-state index contributed by atoms with van der Waals surface area (Å²) in [5.74, 6) is 0. The number of amides is 1. The lowest BCUT2D eigenvalue weighted by molar-refractivity contribution is 0.0513. The normalized spacial score (nSPS) is 12.3. The van der Waals surface area contributed by atoms with Gasteiger partial charge in [0.05, 0.1) is 12.0 Å². The van der Waals surface area contributed by atoms with Crippen LogP contribution in [0.1, 0.15) is 46.0 Å². The zero-order valence-electron chi connectivity index (χ0n) is 13.3. The maximum Gasteiger partial charge on any atom is 0.407 e. The number of aryl methyl sites for hydroxylation is 1. The number of carbonyl (C=O) groups excluding carboxylic acids is 1. The Kier molecular flexibility index (Phi) is 5.16. The molecular weight excluding hydrogens is 256 g/mol. The SMILES string of the molecule is Cc1[nH]cnc1CNC(C)(C)CNC(=O)OC(C)(C)C. The molecular formula is C14H26N4O2. The zero-order chi connectivity index (χ0) is 15.4. The number of alkyl carbamates (subject to hydrolysis) is 1. The minimum absolute atomic E-state index is 0.248. The zero-order valence-corrected chi connectivity index (χ0v) is 13.3. The molecule has 114 valence electrons. The van der Waals surface area contributed by atoms with Crippen molar-refractivity contribution in [3.05, 3.63) is 17.7 Å².